The van der Waals surface area contributed by atoms with Crippen LogP contribution in [0.15, 0.2) is 6.20 Å². The van der Waals surface area contributed by atoms with Gasteiger partial charge in [0.05, 0.1) is 5.69 Å². The molecule has 2 rings (SSSR count). The van der Waals surface area contributed by atoms with E-state index < -0.39 is 0 Å². The van der Waals surface area contributed by atoms with Crippen LogP contribution in [0.2, 0.25) is 0 Å². The van der Waals surface area contributed by atoms with Crippen molar-refractivity contribution in [2.75, 3.05) is 31.9 Å². The van der Waals surface area contributed by atoms with Crippen molar-refractivity contribution >= 4 is 17.5 Å². The molecule has 0 aliphatic carbocycles. The molecule has 0 radical (unpaired) electrons. The van der Waals surface area contributed by atoms with Gasteiger partial charge >= 0.3 is 0 Å². The molecular weight excluding hydrogens is 258 g/mol. The third-order valence-corrected chi connectivity index (χ3v) is 3.43. The van der Waals surface area contributed by atoms with Crippen LogP contribution < -0.4 is 5.73 Å². The SMILES string of the molecule is CC(C)C(=O)N1CCN(C(=O)c2nn(C)cc2N)CC1. The van der Waals surface area contributed by atoms with E-state index in [2.05, 4.69) is 5.10 Å². The van der Waals surface area contributed by atoms with Crippen molar-refractivity contribution in [3.05, 3.63) is 11.9 Å². The zero-order valence-electron chi connectivity index (χ0n) is 12.2. The van der Waals surface area contributed by atoms with Gasteiger partial charge in [0.2, 0.25) is 5.91 Å². The van der Waals surface area contributed by atoms with Crippen LogP contribution >= 0.6 is 0 Å². The third kappa shape index (κ3) is 2.76. The quantitative estimate of drug-likeness (QED) is 0.822. The number of hydrogen-bond acceptors (Lipinski definition) is 4. The number of piperazine rings is 1. The number of aromatic nitrogens is 2. The van der Waals surface area contributed by atoms with Crippen LogP contribution in [0.4, 0.5) is 5.69 Å². The predicted molar refractivity (Wildman–Crippen MR) is 74.9 cm³/mol. The van der Waals surface area contributed by atoms with Crippen molar-refractivity contribution < 1.29 is 9.59 Å². The van der Waals surface area contributed by atoms with Crippen LogP contribution in [0.3, 0.4) is 0 Å². The number of anilines is 1. The maximum Gasteiger partial charge on any atom is 0.276 e. The molecule has 1 aromatic rings. The summed E-state index contributed by atoms with van der Waals surface area (Å²) >= 11 is 0. The summed E-state index contributed by atoms with van der Waals surface area (Å²) in [5.74, 6) is -0.0436. The van der Waals surface area contributed by atoms with Crippen molar-refractivity contribution in [1.29, 1.82) is 0 Å². The first-order valence-corrected chi connectivity index (χ1v) is 6.77. The Hall–Kier alpha value is -2.05. The monoisotopic (exact) mass is 279 g/mol. The smallest absolute Gasteiger partial charge is 0.276 e. The van der Waals surface area contributed by atoms with Crippen LogP contribution in [0.1, 0.15) is 24.3 Å². The minimum absolute atomic E-state index is 0.0105. The molecule has 7 heteroatoms. The van der Waals surface area contributed by atoms with Gasteiger partial charge in [-0.3, -0.25) is 14.3 Å². The van der Waals surface area contributed by atoms with Gasteiger partial charge in [-0.1, -0.05) is 13.8 Å². The largest absolute Gasteiger partial charge is 0.396 e. The highest BCUT2D eigenvalue weighted by atomic mass is 16.2. The molecule has 0 unspecified atom stereocenters. The molecule has 1 saturated heterocycles. The molecular formula is C13H21N5O2. The number of hydrogen-bond donors (Lipinski definition) is 1. The Morgan fingerprint density at radius 3 is 2.20 bits per heavy atom. The van der Waals surface area contributed by atoms with Gasteiger partial charge in [0.1, 0.15) is 0 Å². The molecule has 0 spiro atoms. The zero-order chi connectivity index (χ0) is 14.9. The number of aryl methyl sites for hydroxylation is 1. The standard InChI is InChI=1S/C13H21N5O2/c1-9(2)12(19)17-4-6-18(7-5-17)13(20)11-10(14)8-16(3)15-11/h8-9H,4-7,14H2,1-3H3. The van der Waals surface area contributed by atoms with Crippen LogP contribution in [-0.4, -0.2) is 57.6 Å². The molecule has 7 nitrogen and oxygen atoms in total. The molecule has 20 heavy (non-hydrogen) atoms. The zero-order valence-corrected chi connectivity index (χ0v) is 12.2. The van der Waals surface area contributed by atoms with Gasteiger partial charge < -0.3 is 15.5 Å². The molecule has 110 valence electrons. The van der Waals surface area contributed by atoms with Gasteiger partial charge in [0.15, 0.2) is 5.69 Å². The Kier molecular flexibility index (Phi) is 3.96. The third-order valence-electron chi connectivity index (χ3n) is 3.43. The first-order chi connectivity index (χ1) is 9.40. The van der Waals surface area contributed by atoms with E-state index in [9.17, 15) is 9.59 Å². The van der Waals surface area contributed by atoms with Gasteiger partial charge in [-0.2, -0.15) is 5.10 Å². The van der Waals surface area contributed by atoms with Crippen molar-refractivity contribution in [1.82, 2.24) is 19.6 Å². The van der Waals surface area contributed by atoms with Crippen LogP contribution in [0, 0.1) is 5.92 Å². The van der Waals surface area contributed by atoms with Gasteiger partial charge in [-0.05, 0) is 0 Å². The van der Waals surface area contributed by atoms with Crippen LogP contribution in [0.5, 0.6) is 0 Å². The fourth-order valence-corrected chi connectivity index (χ4v) is 2.32. The summed E-state index contributed by atoms with van der Waals surface area (Å²) < 4.78 is 1.53. The summed E-state index contributed by atoms with van der Waals surface area (Å²) in [5, 5.41) is 4.09. The lowest BCUT2D eigenvalue weighted by Crippen LogP contribution is -2.51. The molecule has 2 N–H and O–H groups in total. The number of amides is 2. The highest BCUT2D eigenvalue weighted by molar-refractivity contribution is 5.97. The van der Waals surface area contributed by atoms with Gasteiger partial charge in [-0.25, -0.2) is 0 Å². The first kappa shape index (κ1) is 14.4. The number of nitrogens with two attached hydrogens (primary N) is 1. The molecule has 1 aromatic heterocycles. The number of nitrogen functional groups attached to an aromatic ring is 1. The van der Waals surface area contributed by atoms with E-state index in [1.54, 1.807) is 23.0 Å². The maximum atomic E-state index is 12.3. The van der Waals surface area contributed by atoms with E-state index in [4.69, 9.17) is 5.73 Å². The predicted octanol–water partition coefficient (Wildman–Crippen LogP) is -0.0573. The Morgan fingerprint density at radius 2 is 1.75 bits per heavy atom. The average Bonchev–Trinajstić information content (AvgIpc) is 2.76. The van der Waals surface area contributed by atoms with Crippen LogP contribution in [0.25, 0.3) is 0 Å². The first-order valence-electron chi connectivity index (χ1n) is 6.77. The summed E-state index contributed by atoms with van der Waals surface area (Å²) in [6.45, 7) is 5.94. The Balaban J connectivity index is 1.99. The minimum atomic E-state index is -0.167. The highest BCUT2D eigenvalue weighted by Crippen LogP contribution is 2.14. The van der Waals surface area contributed by atoms with E-state index >= 15 is 0 Å². The minimum Gasteiger partial charge on any atom is -0.396 e. The van der Waals surface area contributed by atoms with Gasteiger partial charge in [0.25, 0.3) is 5.91 Å². The summed E-state index contributed by atoms with van der Waals surface area (Å²) in [5.41, 5.74) is 6.44. The Bertz CT molecular complexity index is 515. The van der Waals surface area contributed by atoms with E-state index in [1.165, 1.54) is 4.68 Å². The van der Waals surface area contributed by atoms with Crippen molar-refractivity contribution in [2.24, 2.45) is 13.0 Å². The molecule has 2 heterocycles. The highest BCUT2D eigenvalue weighted by Gasteiger charge is 2.27. The summed E-state index contributed by atoms with van der Waals surface area (Å²) in [7, 11) is 1.73. The fourth-order valence-electron chi connectivity index (χ4n) is 2.32. The lowest BCUT2D eigenvalue weighted by Gasteiger charge is -2.35. The summed E-state index contributed by atoms with van der Waals surface area (Å²) in [6, 6.07) is 0. The van der Waals surface area contributed by atoms with Gasteiger partial charge in [-0.15, -0.1) is 0 Å². The molecule has 0 bridgehead atoms. The van der Waals surface area contributed by atoms with E-state index in [0.717, 1.165) is 0 Å². The second-order valence-corrected chi connectivity index (χ2v) is 5.38. The molecule has 1 aliphatic heterocycles. The van der Waals surface area contributed by atoms with Crippen molar-refractivity contribution in [2.45, 2.75) is 13.8 Å². The fraction of sp³-hybridized carbons (Fsp3) is 0.615. The molecule has 2 amide bonds. The molecule has 0 saturated carbocycles. The molecule has 1 fully saturated rings. The van der Waals surface area contributed by atoms with Crippen molar-refractivity contribution in [3.8, 4) is 0 Å². The van der Waals surface area contributed by atoms with E-state index in [0.29, 0.717) is 31.9 Å². The topological polar surface area (TPSA) is 84.5 Å². The number of nitrogens with zero attached hydrogens (tertiary/aromatic N) is 4. The van der Waals surface area contributed by atoms with E-state index in [-0.39, 0.29) is 23.4 Å². The van der Waals surface area contributed by atoms with E-state index in [1.807, 2.05) is 13.8 Å². The Morgan fingerprint density at radius 1 is 1.20 bits per heavy atom. The average molecular weight is 279 g/mol. The molecule has 0 aromatic carbocycles. The molecule has 0 atom stereocenters. The number of carbonyl (C=O) groups excluding carboxylic acids is 2. The lowest BCUT2D eigenvalue weighted by molar-refractivity contribution is -0.135. The Labute approximate surface area is 118 Å². The van der Waals surface area contributed by atoms with Gasteiger partial charge in [0, 0.05) is 45.3 Å². The second kappa shape index (κ2) is 5.52. The second-order valence-electron chi connectivity index (χ2n) is 5.38. The summed E-state index contributed by atoms with van der Waals surface area (Å²) in [6.07, 6.45) is 1.62. The molecule has 1 aliphatic rings. The lowest BCUT2D eigenvalue weighted by atomic mass is 10.1. The van der Waals surface area contributed by atoms with Crippen molar-refractivity contribution in [3.63, 3.8) is 0 Å². The summed E-state index contributed by atoms with van der Waals surface area (Å²) in [4.78, 5) is 27.7. The number of rotatable bonds is 2. The number of carbonyl (C=O) groups is 2. The van der Waals surface area contributed by atoms with Crippen LogP contribution in [-0.2, 0) is 11.8 Å². The maximum absolute atomic E-state index is 12.3. The normalized spacial score (nSPS) is 15.8.